The number of morpholine rings is 1. The maximum absolute atomic E-state index is 12.9. The fourth-order valence-electron chi connectivity index (χ4n) is 2.48. The minimum atomic E-state index is -3.61. The number of sulfonamides is 1. The Morgan fingerprint density at radius 2 is 2.14 bits per heavy atom. The summed E-state index contributed by atoms with van der Waals surface area (Å²) in [6, 6.07) is 6.57. The number of ether oxygens (including phenoxy) is 1. The van der Waals surface area contributed by atoms with Gasteiger partial charge in [0.15, 0.2) is 0 Å². The molecule has 2 aromatic rings. The summed E-state index contributed by atoms with van der Waals surface area (Å²) in [6.07, 6.45) is 1.42. The molecule has 8 nitrogen and oxygen atoms in total. The van der Waals surface area contributed by atoms with E-state index in [1.54, 1.807) is 24.3 Å². The van der Waals surface area contributed by atoms with Crippen molar-refractivity contribution in [2.45, 2.75) is 24.3 Å². The van der Waals surface area contributed by atoms with E-state index in [4.69, 9.17) is 4.74 Å². The summed E-state index contributed by atoms with van der Waals surface area (Å²) < 4.78 is 34.2. The number of rotatable bonds is 3. The van der Waals surface area contributed by atoms with E-state index >= 15 is 0 Å². The Balaban J connectivity index is 2.01. The Labute approximate surface area is 128 Å². The molecule has 3 rings (SSSR count). The molecule has 1 aliphatic heterocycles. The summed E-state index contributed by atoms with van der Waals surface area (Å²) in [5.74, 6) is 0. The van der Waals surface area contributed by atoms with Gasteiger partial charge in [0.05, 0.1) is 29.3 Å². The number of hydrogen-bond acceptors (Lipinski definition) is 6. The fourth-order valence-corrected chi connectivity index (χ4v) is 4.28. The molecule has 0 amide bonds. The van der Waals surface area contributed by atoms with E-state index in [1.165, 1.54) is 15.3 Å². The van der Waals surface area contributed by atoms with Crippen molar-refractivity contribution < 1.29 is 13.2 Å². The Hall–Kier alpha value is -1.84. The van der Waals surface area contributed by atoms with E-state index in [1.807, 2.05) is 13.8 Å². The lowest BCUT2D eigenvalue weighted by Crippen LogP contribution is -2.55. The van der Waals surface area contributed by atoms with E-state index < -0.39 is 15.6 Å². The van der Waals surface area contributed by atoms with Gasteiger partial charge in [-0.25, -0.2) is 13.1 Å². The van der Waals surface area contributed by atoms with Crippen molar-refractivity contribution in [3.63, 3.8) is 0 Å². The second kappa shape index (κ2) is 5.41. The highest BCUT2D eigenvalue weighted by Gasteiger charge is 2.39. The van der Waals surface area contributed by atoms with Crippen LogP contribution >= 0.6 is 0 Å². The summed E-state index contributed by atoms with van der Waals surface area (Å²) in [5, 5.41) is 10.9. The lowest BCUT2D eigenvalue weighted by molar-refractivity contribution is -0.00770. The summed E-state index contributed by atoms with van der Waals surface area (Å²) in [5.41, 5.74) is 0.0131. The van der Waals surface area contributed by atoms with Crippen LogP contribution in [0.3, 0.4) is 0 Å². The number of hydrogen-bond donors (Lipinski definition) is 0. The maximum Gasteiger partial charge on any atom is 0.243 e. The average Bonchev–Trinajstić information content (AvgIpc) is 3.01. The monoisotopic (exact) mass is 323 g/mol. The first-order valence-corrected chi connectivity index (χ1v) is 8.29. The predicted molar refractivity (Wildman–Crippen MR) is 77.9 cm³/mol. The largest absolute Gasteiger partial charge is 0.378 e. The van der Waals surface area contributed by atoms with Crippen LogP contribution in [0.1, 0.15) is 13.8 Å². The molecule has 0 N–H and O–H groups in total. The van der Waals surface area contributed by atoms with Crippen LogP contribution in [0, 0.1) is 0 Å². The van der Waals surface area contributed by atoms with E-state index in [0.717, 1.165) is 0 Å². The van der Waals surface area contributed by atoms with Crippen LogP contribution in [-0.4, -0.2) is 58.2 Å². The quantitative estimate of drug-likeness (QED) is 0.815. The minimum absolute atomic E-state index is 0.218. The number of tetrazole rings is 1. The number of aromatic nitrogens is 4. The first-order chi connectivity index (χ1) is 10.4. The normalized spacial score (nSPS) is 19.2. The van der Waals surface area contributed by atoms with Crippen molar-refractivity contribution in [2.24, 2.45) is 0 Å². The van der Waals surface area contributed by atoms with Crippen molar-refractivity contribution in [2.75, 3.05) is 19.8 Å². The summed E-state index contributed by atoms with van der Waals surface area (Å²) in [4.78, 5) is 0.218. The van der Waals surface area contributed by atoms with Gasteiger partial charge in [0.1, 0.15) is 6.33 Å². The molecule has 9 heteroatoms. The maximum atomic E-state index is 12.9. The first kappa shape index (κ1) is 15.1. The van der Waals surface area contributed by atoms with Crippen molar-refractivity contribution in [3.05, 3.63) is 30.6 Å². The lowest BCUT2D eigenvalue weighted by atomic mass is 10.1. The molecule has 0 radical (unpaired) electrons. The van der Waals surface area contributed by atoms with Crippen molar-refractivity contribution in [1.29, 1.82) is 0 Å². The van der Waals surface area contributed by atoms with E-state index in [0.29, 0.717) is 25.4 Å². The molecule has 0 atom stereocenters. The van der Waals surface area contributed by atoms with Crippen LogP contribution in [-0.2, 0) is 14.8 Å². The van der Waals surface area contributed by atoms with Crippen molar-refractivity contribution in [3.8, 4) is 5.69 Å². The van der Waals surface area contributed by atoms with Crippen LogP contribution < -0.4 is 0 Å². The molecule has 1 aromatic carbocycles. The molecule has 0 spiro atoms. The molecule has 1 saturated heterocycles. The first-order valence-electron chi connectivity index (χ1n) is 6.85. The molecule has 1 aliphatic rings. The Bertz CT molecular complexity index is 758. The Morgan fingerprint density at radius 3 is 2.82 bits per heavy atom. The predicted octanol–water partition coefficient (Wildman–Crippen LogP) is 0.462. The van der Waals surface area contributed by atoms with Gasteiger partial charge in [-0.3, -0.25) is 0 Å². The molecule has 0 unspecified atom stereocenters. The second-order valence-corrected chi connectivity index (χ2v) is 7.56. The molecule has 1 fully saturated rings. The molecule has 0 aliphatic carbocycles. The highest BCUT2D eigenvalue weighted by atomic mass is 32.2. The zero-order valence-corrected chi connectivity index (χ0v) is 13.2. The molecule has 0 saturated carbocycles. The highest BCUT2D eigenvalue weighted by molar-refractivity contribution is 7.89. The Morgan fingerprint density at radius 1 is 1.32 bits per heavy atom. The van der Waals surface area contributed by atoms with Gasteiger partial charge >= 0.3 is 0 Å². The highest BCUT2D eigenvalue weighted by Crippen LogP contribution is 2.28. The van der Waals surface area contributed by atoms with Gasteiger partial charge in [0.2, 0.25) is 10.0 Å². The summed E-state index contributed by atoms with van der Waals surface area (Å²) >= 11 is 0. The van der Waals surface area contributed by atoms with Crippen LogP contribution in [0.5, 0.6) is 0 Å². The molecule has 0 bridgehead atoms. The van der Waals surface area contributed by atoms with Crippen LogP contribution in [0.25, 0.3) is 5.69 Å². The topological polar surface area (TPSA) is 90.2 Å². The van der Waals surface area contributed by atoms with E-state index in [2.05, 4.69) is 15.5 Å². The molecular formula is C13H17N5O3S. The smallest absolute Gasteiger partial charge is 0.243 e. The summed E-state index contributed by atoms with van der Waals surface area (Å²) in [6.45, 7) is 4.82. The van der Waals surface area contributed by atoms with Gasteiger partial charge in [-0.15, -0.1) is 5.10 Å². The summed E-state index contributed by atoms with van der Waals surface area (Å²) in [7, 11) is -3.61. The third-order valence-corrected chi connectivity index (χ3v) is 5.70. The van der Waals surface area contributed by atoms with Crippen molar-refractivity contribution >= 4 is 10.0 Å². The molecule has 118 valence electrons. The van der Waals surface area contributed by atoms with Crippen LogP contribution in [0.15, 0.2) is 35.5 Å². The minimum Gasteiger partial charge on any atom is -0.378 e. The van der Waals surface area contributed by atoms with Crippen molar-refractivity contribution in [1.82, 2.24) is 24.5 Å². The standard InChI is InChI=1S/C13H17N5O3S/c1-13(2)9-21-7-6-18(13)22(19,20)12-5-3-4-11(8-12)17-10-14-15-16-17/h3-5,8,10H,6-7,9H2,1-2H3. The van der Waals surface area contributed by atoms with Gasteiger partial charge in [-0.1, -0.05) is 6.07 Å². The van der Waals surface area contributed by atoms with Gasteiger partial charge in [-0.05, 0) is 42.5 Å². The molecule has 1 aromatic heterocycles. The van der Waals surface area contributed by atoms with Crippen LogP contribution in [0.4, 0.5) is 0 Å². The molecule has 22 heavy (non-hydrogen) atoms. The average molecular weight is 323 g/mol. The SMILES string of the molecule is CC1(C)COCCN1S(=O)(=O)c1cccc(-n2cnnn2)c1. The Kier molecular flexibility index (Phi) is 3.71. The number of nitrogens with zero attached hydrogens (tertiary/aromatic N) is 5. The van der Waals surface area contributed by atoms with Gasteiger partial charge in [0.25, 0.3) is 0 Å². The fraction of sp³-hybridized carbons (Fsp3) is 0.462. The zero-order chi connectivity index (χ0) is 15.8. The van der Waals surface area contributed by atoms with E-state index in [-0.39, 0.29) is 4.90 Å². The zero-order valence-electron chi connectivity index (χ0n) is 12.4. The van der Waals surface area contributed by atoms with Gasteiger partial charge < -0.3 is 4.74 Å². The second-order valence-electron chi connectivity index (χ2n) is 5.69. The molecule has 2 heterocycles. The van der Waals surface area contributed by atoms with Crippen LogP contribution in [0.2, 0.25) is 0 Å². The van der Waals surface area contributed by atoms with Gasteiger partial charge in [0, 0.05) is 6.54 Å². The third kappa shape index (κ3) is 2.62. The van der Waals surface area contributed by atoms with E-state index in [9.17, 15) is 8.42 Å². The third-order valence-electron chi connectivity index (χ3n) is 3.59. The lowest BCUT2D eigenvalue weighted by Gasteiger charge is -2.40. The molecular weight excluding hydrogens is 306 g/mol. The van der Waals surface area contributed by atoms with Gasteiger partial charge in [-0.2, -0.15) is 4.31 Å². The number of benzene rings is 1.